The third kappa shape index (κ3) is 5.47. The van der Waals surface area contributed by atoms with Crippen LogP contribution in [0.15, 0.2) is 30.6 Å². The molecule has 2 aliphatic rings. The Morgan fingerprint density at radius 3 is 2.35 bits per heavy atom. The molecule has 2 fully saturated rings. The lowest BCUT2D eigenvalue weighted by molar-refractivity contribution is 0.0263. The molecule has 2 aromatic rings. The van der Waals surface area contributed by atoms with E-state index in [0.717, 1.165) is 18.4 Å². The van der Waals surface area contributed by atoms with Gasteiger partial charge < -0.3 is 4.74 Å². The van der Waals surface area contributed by atoms with Gasteiger partial charge in [0, 0.05) is 50.0 Å². The van der Waals surface area contributed by atoms with Crippen LogP contribution in [0.2, 0.25) is 0 Å². The number of halogens is 1. The minimum Gasteiger partial charge on any atom is -0.490 e. The first-order chi connectivity index (χ1) is 14.8. The van der Waals surface area contributed by atoms with Crippen LogP contribution in [0.4, 0.5) is 4.39 Å². The number of benzene rings is 1. The predicted octanol–water partition coefficient (Wildman–Crippen LogP) is 4.67. The van der Waals surface area contributed by atoms with Gasteiger partial charge in [0.15, 0.2) is 11.6 Å². The maximum Gasteiger partial charge on any atom is 0.167 e. The van der Waals surface area contributed by atoms with Crippen LogP contribution in [-0.4, -0.2) is 63.9 Å². The lowest BCUT2D eigenvalue weighted by Gasteiger charge is -2.46. The molecule has 6 heteroatoms. The van der Waals surface area contributed by atoms with E-state index in [1.807, 2.05) is 19.2 Å². The topological polar surface area (TPSA) is 33.5 Å². The summed E-state index contributed by atoms with van der Waals surface area (Å²) in [6.45, 7) is 14.2. The first-order valence-corrected chi connectivity index (χ1v) is 11.7. The molecule has 1 aliphatic carbocycles. The molecule has 0 atom stereocenters. The Morgan fingerprint density at radius 1 is 1.06 bits per heavy atom. The summed E-state index contributed by atoms with van der Waals surface area (Å²) in [6, 6.07) is 5.78. The van der Waals surface area contributed by atoms with Crippen LogP contribution < -0.4 is 4.74 Å². The molecule has 0 bridgehead atoms. The standard InChI is InChI=1S/C25H37FN4O/c1-19-16-27-30(17-19)22-9-10-24(23(26)15-22)31-18-20-5-7-21(8-6-20)28-11-13-29(14-12-28)25(2,3)4/h9-10,15-17,20-21H,5-8,11-14,18H2,1-4H3/t20-,21-. The molecule has 31 heavy (non-hydrogen) atoms. The molecule has 1 saturated carbocycles. The van der Waals surface area contributed by atoms with E-state index in [4.69, 9.17) is 4.74 Å². The Bertz CT molecular complexity index is 859. The van der Waals surface area contributed by atoms with Crippen LogP contribution in [-0.2, 0) is 0 Å². The summed E-state index contributed by atoms with van der Waals surface area (Å²) in [5, 5.41) is 4.24. The minimum absolute atomic E-state index is 0.270. The largest absolute Gasteiger partial charge is 0.490 e. The number of hydrogen-bond donors (Lipinski definition) is 0. The molecule has 2 heterocycles. The molecule has 1 aliphatic heterocycles. The lowest BCUT2D eigenvalue weighted by Crippen LogP contribution is -2.56. The fourth-order valence-electron chi connectivity index (χ4n) is 4.95. The maximum absolute atomic E-state index is 14.5. The first kappa shape index (κ1) is 22.3. The zero-order valence-electron chi connectivity index (χ0n) is 19.5. The first-order valence-electron chi connectivity index (χ1n) is 11.7. The Hall–Kier alpha value is -1.92. The molecule has 0 unspecified atom stereocenters. The van der Waals surface area contributed by atoms with Crippen LogP contribution in [0.5, 0.6) is 5.75 Å². The second-order valence-electron chi connectivity index (χ2n) is 10.3. The molecule has 1 saturated heterocycles. The van der Waals surface area contributed by atoms with Crippen molar-refractivity contribution < 1.29 is 9.13 Å². The zero-order valence-corrected chi connectivity index (χ0v) is 19.5. The van der Waals surface area contributed by atoms with Crippen molar-refractivity contribution in [1.82, 2.24) is 19.6 Å². The van der Waals surface area contributed by atoms with E-state index in [1.165, 1.54) is 45.1 Å². The van der Waals surface area contributed by atoms with Gasteiger partial charge in [0.1, 0.15) is 0 Å². The van der Waals surface area contributed by atoms with Crippen molar-refractivity contribution in [2.45, 2.75) is 65.0 Å². The molecule has 0 spiro atoms. The molecule has 0 N–H and O–H groups in total. The van der Waals surface area contributed by atoms with Gasteiger partial charge in [-0.2, -0.15) is 5.10 Å². The molecule has 0 amide bonds. The molecule has 170 valence electrons. The number of piperazine rings is 1. The Kier molecular flexibility index (Phi) is 6.68. The summed E-state index contributed by atoms with van der Waals surface area (Å²) >= 11 is 0. The molecule has 1 aromatic carbocycles. The smallest absolute Gasteiger partial charge is 0.167 e. The normalized spacial score (nSPS) is 23.8. The highest BCUT2D eigenvalue weighted by Crippen LogP contribution is 2.30. The fraction of sp³-hybridized carbons (Fsp3) is 0.640. The number of nitrogens with zero attached hydrogens (tertiary/aromatic N) is 4. The molecule has 4 rings (SSSR count). The van der Waals surface area contributed by atoms with E-state index in [9.17, 15) is 4.39 Å². The molecular formula is C25H37FN4O. The van der Waals surface area contributed by atoms with Gasteiger partial charge in [-0.15, -0.1) is 0 Å². The minimum atomic E-state index is -0.323. The van der Waals surface area contributed by atoms with Crippen LogP contribution in [0, 0.1) is 18.7 Å². The average molecular weight is 429 g/mol. The van der Waals surface area contributed by atoms with Gasteiger partial charge in [-0.25, -0.2) is 9.07 Å². The third-order valence-electron chi connectivity index (χ3n) is 6.96. The van der Waals surface area contributed by atoms with E-state index >= 15 is 0 Å². The number of aryl methyl sites for hydroxylation is 1. The summed E-state index contributed by atoms with van der Waals surface area (Å²) in [6.07, 6.45) is 8.43. The summed E-state index contributed by atoms with van der Waals surface area (Å²) < 4.78 is 22.1. The average Bonchev–Trinajstić information content (AvgIpc) is 3.19. The monoisotopic (exact) mass is 428 g/mol. The highest BCUT2D eigenvalue weighted by Gasteiger charge is 2.31. The van der Waals surface area contributed by atoms with Gasteiger partial charge in [0.25, 0.3) is 0 Å². The maximum atomic E-state index is 14.5. The highest BCUT2D eigenvalue weighted by molar-refractivity contribution is 5.38. The van der Waals surface area contributed by atoms with Gasteiger partial charge in [-0.1, -0.05) is 0 Å². The lowest BCUT2D eigenvalue weighted by atomic mass is 9.85. The number of aromatic nitrogens is 2. The Balaban J connectivity index is 1.23. The second kappa shape index (κ2) is 9.29. The van der Waals surface area contributed by atoms with Crippen molar-refractivity contribution in [2.24, 2.45) is 5.92 Å². The van der Waals surface area contributed by atoms with Crippen molar-refractivity contribution in [3.05, 3.63) is 42.0 Å². The summed E-state index contributed by atoms with van der Waals surface area (Å²) in [4.78, 5) is 5.28. The predicted molar refractivity (Wildman–Crippen MR) is 122 cm³/mol. The summed E-state index contributed by atoms with van der Waals surface area (Å²) in [7, 11) is 0. The molecule has 5 nitrogen and oxygen atoms in total. The number of rotatable bonds is 5. The second-order valence-corrected chi connectivity index (χ2v) is 10.3. The quantitative estimate of drug-likeness (QED) is 0.693. The van der Waals surface area contributed by atoms with Crippen molar-refractivity contribution in [1.29, 1.82) is 0 Å². The van der Waals surface area contributed by atoms with Crippen LogP contribution in [0.1, 0.15) is 52.0 Å². The van der Waals surface area contributed by atoms with E-state index in [-0.39, 0.29) is 11.4 Å². The SMILES string of the molecule is Cc1cnn(-c2ccc(OC[C@H]3CC[C@H](N4CCN(C(C)(C)C)CC4)CC3)c(F)c2)c1. The van der Waals surface area contributed by atoms with Crippen molar-refractivity contribution in [2.75, 3.05) is 32.8 Å². The Morgan fingerprint density at radius 2 is 1.77 bits per heavy atom. The summed E-state index contributed by atoms with van der Waals surface area (Å²) in [5.74, 6) is 0.532. The number of hydrogen-bond acceptors (Lipinski definition) is 4. The van der Waals surface area contributed by atoms with Crippen LogP contribution >= 0.6 is 0 Å². The summed E-state index contributed by atoms with van der Waals surface area (Å²) in [5.41, 5.74) is 2.03. The molecular weight excluding hydrogens is 391 g/mol. The highest BCUT2D eigenvalue weighted by atomic mass is 19.1. The van der Waals surface area contributed by atoms with Gasteiger partial charge >= 0.3 is 0 Å². The van der Waals surface area contributed by atoms with Crippen molar-refractivity contribution in [3.63, 3.8) is 0 Å². The van der Waals surface area contributed by atoms with Crippen molar-refractivity contribution in [3.8, 4) is 11.4 Å². The van der Waals surface area contributed by atoms with Crippen LogP contribution in [0.25, 0.3) is 5.69 Å². The van der Waals surface area contributed by atoms with E-state index < -0.39 is 0 Å². The fourth-order valence-corrected chi connectivity index (χ4v) is 4.95. The van der Waals surface area contributed by atoms with Gasteiger partial charge in [-0.05, 0) is 77.0 Å². The van der Waals surface area contributed by atoms with Gasteiger partial charge in [-0.3, -0.25) is 9.80 Å². The van der Waals surface area contributed by atoms with E-state index in [0.29, 0.717) is 30.0 Å². The molecule has 0 radical (unpaired) electrons. The Labute approximate surface area is 186 Å². The van der Waals surface area contributed by atoms with Gasteiger partial charge in [0.05, 0.1) is 18.5 Å². The van der Waals surface area contributed by atoms with Crippen LogP contribution in [0.3, 0.4) is 0 Å². The number of ether oxygens (including phenoxy) is 1. The van der Waals surface area contributed by atoms with E-state index in [1.54, 1.807) is 16.9 Å². The van der Waals surface area contributed by atoms with Crippen molar-refractivity contribution >= 4 is 0 Å². The molecule has 1 aromatic heterocycles. The third-order valence-corrected chi connectivity index (χ3v) is 6.96. The van der Waals surface area contributed by atoms with E-state index in [2.05, 4.69) is 35.7 Å². The zero-order chi connectivity index (χ0) is 22.0. The van der Waals surface area contributed by atoms with Gasteiger partial charge in [0.2, 0.25) is 0 Å².